The van der Waals surface area contributed by atoms with Crippen molar-refractivity contribution in [1.29, 1.82) is 0 Å². The van der Waals surface area contributed by atoms with E-state index in [1.165, 1.54) is 37.7 Å². The molecule has 0 amide bonds. The van der Waals surface area contributed by atoms with E-state index >= 15 is 0 Å². The van der Waals surface area contributed by atoms with Gasteiger partial charge in [0.2, 0.25) is 0 Å². The Morgan fingerprint density at radius 2 is 1.81 bits per heavy atom. The summed E-state index contributed by atoms with van der Waals surface area (Å²) in [6.07, 6.45) is 6.54. The fourth-order valence-corrected chi connectivity index (χ4v) is 4.13. The molecule has 1 aromatic rings. The van der Waals surface area contributed by atoms with E-state index in [9.17, 15) is 4.39 Å². The van der Waals surface area contributed by atoms with Crippen LogP contribution in [0.25, 0.3) is 0 Å². The van der Waals surface area contributed by atoms with Gasteiger partial charge >= 0.3 is 0 Å². The molecule has 0 radical (unpaired) electrons. The van der Waals surface area contributed by atoms with Crippen molar-refractivity contribution in [2.24, 2.45) is 0 Å². The summed E-state index contributed by atoms with van der Waals surface area (Å²) in [6.45, 7) is 8.11. The van der Waals surface area contributed by atoms with Gasteiger partial charge in [-0.15, -0.1) is 0 Å². The second-order valence-corrected chi connectivity index (χ2v) is 7.02. The minimum absolute atomic E-state index is 0.0523. The van der Waals surface area contributed by atoms with Crippen molar-refractivity contribution < 1.29 is 4.39 Å². The van der Waals surface area contributed by atoms with E-state index in [0.29, 0.717) is 5.54 Å². The molecule has 2 nitrogen and oxygen atoms in total. The molecule has 1 saturated heterocycles. The average Bonchev–Trinajstić information content (AvgIpc) is 2.79. The highest BCUT2D eigenvalue weighted by Gasteiger charge is 2.36. The highest BCUT2D eigenvalue weighted by Crippen LogP contribution is 2.32. The molecule has 0 unspecified atom stereocenters. The lowest BCUT2D eigenvalue weighted by molar-refractivity contribution is 0.203. The zero-order valence-corrected chi connectivity index (χ0v) is 13.3. The molecule has 21 heavy (non-hydrogen) atoms. The molecule has 1 heterocycles. The normalized spacial score (nSPS) is 22.6. The summed E-state index contributed by atoms with van der Waals surface area (Å²) in [6, 6.07) is 4.03. The average molecular weight is 290 g/mol. The van der Waals surface area contributed by atoms with Gasteiger partial charge in [-0.1, -0.05) is 25.0 Å². The summed E-state index contributed by atoms with van der Waals surface area (Å²) in [5, 5.41) is 3.80. The molecular weight excluding hydrogens is 263 g/mol. The fourth-order valence-electron chi connectivity index (χ4n) is 4.13. The Bertz CT molecular complexity index is 483. The lowest BCUT2D eigenvalue weighted by atomic mass is 9.97. The predicted octanol–water partition coefficient (Wildman–Crippen LogP) is 3.55. The summed E-state index contributed by atoms with van der Waals surface area (Å²) < 4.78 is 13.8. The molecule has 2 fully saturated rings. The Morgan fingerprint density at radius 1 is 1.14 bits per heavy atom. The number of hydrogen-bond donors (Lipinski definition) is 1. The van der Waals surface area contributed by atoms with Gasteiger partial charge in [0.1, 0.15) is 5.82 Å². The van der Waals surface area contributed by atoms with Crippen LogP contribution in [0.15, 0.2) is 12.1 Å². The van der Waals surface area contributed by atoms with E-state index in [-0.39, 0.29) is 5.82 Å². The van der Waals surface area contributed by atoms with E-state index in [1.54, 1.807) is 0 Å². The van der Waals surface area contributed by atoms with Crippen LogP contribution in [0.1, 0.15) is 48.8 Å². The monoisotopic (exact) mass is 290 g/mol. The SMILES string of the molecule is Cc1cc(CN2CCCNC3(CCCC3)C2)cc(C)c1F. The maximum absolute atomic E-state index is 13.8. The van der Waals surface area contributed by atoms with Crippen molar-refractivity contribution >= 4 is 0 Å². The minimum Gasteiger partial charge on any atom is -0.310 e. The van der Waals surface area contributed by atoms with Gasteiger partial charge in [-0.2, -0.15) is 0 Å². The van der Waals surface area contributed by atoms with Gasteiger partial charge in [0, 0.05) is 18.6 Å². The lowest BCUT2D eigenvalue weighted by Gasteiger charge is -2.33. The van der Waals surface area contributed by atoms with Gasteiger partial charge < -0.3 is 5.32 Å². The van der Waals surface area contributed by atoms with Crippen molar-refractivity contribution in [1.82, 2.24) is 10.2 Å². The van der Waals surface area contributed by atoms with Crippen molar-refractivity contribution in [3.63, 3.8) is 0 Å². The molecule has 1 saturated carbocycles. The van der Waals surface area contributed by atoms with E-state index in [2.05, 4.69) is 10.2 Å². The Morgan fingerprint density at radius 3 is 2.48 bits per heavy atom. The summed E-state index contributed by atoms with van der Waals surface area (Å²) in [4.78, 5) is 2.57. The van der Waals surface area contributed by atoms with Gasteiger partial charge in [0.05, 0.1) is 0 Å². The zero-order valence-electron chi connectivity index (χ0n) is 13.3. The first-order chi connectivity index (χ1) is 10.1. The van der Waals surface area contributed by atoms with Crippen LogP contribution in [-0.4, -0.2) is 30.1 Å². The summed E-state index contributed by atoms with van der Waals surface area (Å²) in [5.41, 5.74) is 3.14. The summed E-state index contributed by atoms with van der Waals surface area (Å²) in [7, 11) is 0. The third kappa shape index (κ3) is 3.29. The number of aryl methyl sites for hydroxylation is 2. The third-order valence-electron chi connectivity index (χ3n) is 5.14. The van der Waals surface area contributed by atoms with Crippen molar-refractivity contribution in [2.75, 3.05) is 19.6 Å². The van der Waals surface area contributed by atoms with Gasteiger partial charge in [-0.3, -0.25) is 4.90 Å². The number of rotatable bonds is 2. The standard InChI is InChI=1S/C18H27FN2/c1-14-10-16(11-15(2)17(14)19)12-21-9-5-8-20-18(13-21)6-3-4-7-18/h10-11,20H,3-9,12-13H2,1-2H3. The maximum atomic E-state index is 13.8. The van der Waals surface area contributed by atoms with Gasteiger partial charge in [-0.05, 0) is 62.9 Å². The number of nitrogens with zero attached hydrogens (tertiary/aromatic N) is 1. The van der Waals surface area contributed by atoms with E-state index < -0.39 is 0 Å². The minimum atomic E-state index is -0.0523. The van der Waals surface area contributed by atoms with Crippen molar-refractivity contribution in [3.05, 3.63) is 34.6 Å². The highest BCUT2D eigenvalue weighted by atomic mass is 19.1. The molecule has 1 spiro atoms. The first kappa shape index (κ1) is 15.0. The first-order valence-corrected chi connectivity index (χ1v) is 8.31. The Hall–Kier alpha value is -0.930. The zero-order chi connectivity index (χ0) is 14.9. The molecule has 1 N–H and O–H groups in total. The van der Waals surface area contributed by atoms with Crippen LogP contribution in [0.5, 0.6) is 0 Å². The molecule has 1 aliphatic carbocycles. The van der Waals surface area contributed by atoms with Crippen LogP contribution in [-0.2, 0) is 6.54 Å². The number of benzene rings is 1. The van der Waals surface area contributed by atoms with Gasteiger partial charge in [-0.25, -0.2) is 4.39 Å². The number of hydrogen-bond acceptors (Lipinski definition) is 2. The highest BCUT2D eigenvalue weighted by molar-refractivity contribution is 5.30. The predicted molar refractivity (Wildman–Crippen MR) is 85.0 cm³/mol. The molecule has 0 aromatic heterocycles. The van der Waals surface area contributed by atoms with E-state index in [0.717, 1.165) is 37.3 Å². The molecule has 1 aliphatic heterocycles. The number of nitrogens with one attached hydrogen (secondary N) is 1. The van der Waals surface area contributed by atoms with Gasteiger partial charge in [0.25, 0.3) is 0 Å². The molecule has 116 valence electrons. The molecule has 0 bridgehead atoms. The molecule has 3 heteroatoms. The quantitative estimate of drug-likeness (QED) is 0.896. The number of halogens is 1. The Kier molecular flexibility index (Phi) is 4.32. The molecule has 3 rings (SSSR count). The fraction of sp³-hybridized carbons (Fsp3) is 0.667. The first-order valence-electron chi connectivity index (χ1n) is 8.31. The second-order valence-electron chi connectivity index (χ2n) is 7.02. The third-order valence-corrected chi connectivity index (χ3v) is 5.14. The van der Waals surface area contributed by atoms with Gasteiger partial charge in [0.15, 0.2) is 0 Å². The van der Waals surface area contributed by atoms with Crippen LogP contribution in [0.4, 0.5) is 4.39 Å². The van der Waals surface area contributed by atoms with Crippen molar-refractivity contribution in [3.8, 4) is 0 Å². The van der Waals surface area contributed by atoms with Crippen LogP contribution >= 0.6 is 0 Å². The Balaban J connectivity index is 1.74. The van der Waals surface area contributed by atoms with E-state index in [1.807, 2.05) is 26.0 Å². The topological polar surface area (TPSA) is 15.3 Å². The smallest absolute Gasteiger partial charge is 0.129 e. The van der Waals surface area contributed by atoms with Crippen LogP contribution < -0.4 is 5.32 Å². The van der Waals surface area contributed by atoms with Crippen LogP contribution in [0, 0.1) is 19.7 Å². The summed E-state index contributed by atoms with van der Waals surface area (Å²) >= 11 is 0. The van der Waals surface area contributed by atoms with Crippen LogP contribution in [0.3, 0.4) is 0 Å². The maximum Gasteiger partial charge on any atom is 0.129 e. The molecular formula is C18H27FN2. The Labute approximate surface area is 127 Å². The largest absolute Gasteiger partial charge is 0.310 e. The second kappa shape index (κ2) is 6.05. The molecule has 0 atom stereocenters. The van der Waals surface area contributed by atoms with E-state index in [4.69, 9.17) is 0 Å². The van der Waals surface area contributed by atoms with Crippen LogP contribution in [0.2, 0.25) is 0 Å². The molecule has 1 aromatic carbocycles. The summed E-state index contributed by atoms with van der Waals surface area (Å²) in [5.74, 6) is -0.0523. The lowest BCUT2D eigenvalue weighted by Crippen LogP contribution is -2.49. The molecule has 2 aliphatic rings. The van der Waals surface area contributed by atoms with Crippen molar-refractivity contribution in [2.45, 2.75) is 58.0 Å².